The molecule has 0 heterocycles. The van der Waals surface area contributed by atoms with Gasteiger partial charge >= 0.3 is 18.9 Å². The minimum absolute atomic E-state index is 0. The maximum absolute atomic E-state index is 7.20. The van der Waals surface area contributed by atoms with E-state index in [1.165, 1.54) is 5.19 Å². The molecule has 1 aromatic carbocycles. The third kappa shape index (κ3) is 2.79. The summed E-state index contributed by atoms with van der Waals surface area (Å²) in [6.07, 6.45) is 7.20. The third-order valence-electron chi connectivity index (χ3n) is 2.82. The second-order valence-corrected chi connectivity index (χ2v) is 8.84. The van der Waals surface area contributed by atoms with Crippen LogP contribution in [0.5, 0.6) is 0 Å². The molecule has 0 bridgehead atoms. The first-order valence-corrected chi connectivity index (χ1v) is 7.64. The summed E-state index contributed by atoms with van der Waals surface area (Å²) in [6, 6.07) is 10.5. The second kappa shape index (κ2) is 5.47. The van der Waals surface area contributed by atoms with Crippen LogP contribution in [0.1, 0.15) is 6.92 Å². The predicted octanol–water partition coefficient (Wildman–Crippen LogP) is -0.414. The molecule has 1 aromatic rings. The van der Waals surface area contributed by atoms with Crippen molar-refractivity contribution in [2.24, 2.45) is 0 Å². The number of benzene rings is 1. The van der Waals surface area contributed by atoms with Crippen LogP contribution in [-0.2, 0) is 0 Å². The Morgan fingerprint density at radius 2 is 1.71 bits per heavy atom. The molecule has 1 atom stereocenters. The molecule has 0 spiro atoms. The first-order chi connectivity index (χ1) is 6.09. The summed E-state index contributed by atoms with van der Waals surface area (Å²) in [6.45, 7) is 6.66. The van der Waals surface area contributed by atoms with Gasteiger partial charge in [-0.25, -0.2) is 0 Å². The van der Waals surface area contributed by atoms with Crippen molar-refractivity contribution in [3.8, 4) is 5.92 Å². The maximum Gasteiger partial charge on any atom is 1.00 e. The van der Waals surface area contributed by atoms with Gasteiger partial charge in [0.05, 0.1) is 8.07 Å². The first-order valence-electron chi connectivity index (χ1n) is 4.57. The molecule has 0 fully saturated rings. The Labute approximate surface area is 100 Å². The van der Waals surface area contributed by atoms with E-state index in [2.05, 4.69) is 50.2 Å². The fourth-order valence-corrected chi connectivity index (χ4v) is 3.21. The van der Waals surface area contributed by atoms with Gasteiger partial charge in [-0.3, -0.25) is 0 Å². The van der Waals surface area contributed by atoms with Crippen LogP contribution in [0.25, 0.3) is 0 Å². The van der Waals surface area contributed by atoms with E-state index in [0.717, 1.165) is 0 Å². The summed E-state index contributed by atoms with van der Waals surface area (Å²) >= 11 is 0. The van der Waals surface area contributed by atoms with E-state index in [9.17, 15) is 0 Å². The molecule has 2 heteroatoms. The number of hydrogen-bond donors (Lipinski definition) is 0. The van der Waals surface area contributed by atoms with Gasteiger partial charge in [-0.1, -0.05) is 55.5 Å². The summed E-state index contributed by atoms with van der Waals surface area (Å²) in [5.41, 5.74) is 0.287. The summed E-state index contributed by atoms with van der Waals surface area (Å²) in [7, 11) is -1.48. The first kappa shape index (κ1) is 13.6. The molecular formula is C12H15LiSi. The van der Waals surface area contributed by atoms with Gasteiger partial charge in [-0.15, -0.1) is 0 Å². The van der Waals surface area contributed by atoms with Crippen LogP contribution in [0.4, 0.5) is 0 Å². The van der Waals surface area contributed by atoms with Crippen LogP contribution < -0.4 is 24.0 Å². The summed E-state index contributed by atoms with van der Waals surface area (Å²) in [5, 5.41) is 1.40. The van der Waals surface area contributed by atoms with Gasteiger partial charge in [0, 0.05) is 0 Å². The monoisotopic (exact) mass is 194 g/mol. The molecule has 14 heavy (non-hydrogen) atoms. The number of hydrogen-bond acceptors (Lipinski definition) is 0. The van der Waals surface area contributed by atoms with Crippen LogP contribution >= 0.6 is 0 Å². The van der Waals surface area contributed by atoms with Crippen molar-refractivity contribution in [2.75, 3.05) is 0 Å². The molecule has 0 amide bonds. The van der Waals surface area contributed by atoms with Crippen LogP contribution in [0.2, 0.25) is 18.6 Å². The molecule has 1 unspecified atom stereocenters. The normalized spacial score (nSPS) is 12.4. The van der Waals surface area contributed by atoms with Gasteiger partial charge in [0.1, 0.15) is 0 Å². The Morgan fingerprint density at radius 1 is 1.21 bits per heavy atom. The van der Waals surface area contributed by atoms with Crippen LogP contribution in [0.15, 0.2) is 30.3 Å². The molecule has 0 saturated heterocycles. The van der Waals surface area contributed by atoms with E-state index in [0.29, 0.717) is 0 Å². The fraction of sp³-hybridized carbons (Fsp3) is 0.333. The molecule has 0 N–H and O–H groups in total. The minimum Gasteiger partial charge on any atom is -0.694 e. The standard InChI is InChI=1S/C12H15Si.Li/c1-5-11(2)13(3,4)12-9-7-6-8-10-12;/h6-11H,2-4H3;/q-1;+1. The Balaban J connectivity index is 0.00000169. The maximum atomic E-state index is 7.20. The Kier molecular flexibility index (Phi) is 5.31. The van der Waals surface area contributed by atoms with Gasteiger partial charge < -0.3 is 12.3 Å². The van der Waals surface area contributed by atoms with Crippen molar-refractivity contribution >= 4 is 13.3 Å². The Bertz CT molecular complexity index is 311. The third-order valence-corrected chi connectivity index (χ3v) is 6.95. The van der Waals surface area contributed by atoms with Gasteiger partial charge in [0.25, 0.3) is 0 Å². The van der Waals surface area contributed by atoms with Crippen molar-refractivity contribution in [1.82, 2.24) is 0 Å². The Hall–Kier alpha value is -0.406. The van der Waals surface area contributed by atoms with E-state index in [1.54, 1.807) is 0 Å². The van der Waals surface area contributed by atoms with Crippen molar-refractivity contribution in [2.45, 2.75) is 25.6 Å². The molecule has 0 radical (unpaired) electrons. The van der Waals surface area contributed by atoms with Crippen molar-refractivity contribution in [3.63, 3.8) is 0 Å². The smallest absolute Gasteiger partial charge is 0.694 e. The molecule has 0 aliphatic carbocycles. The van der Waals surface area contributed by atoms with Gasteiger partial charge in [-0.05, 0) is 5.54 Å². The van der Waals surface area contributed by atoms with Gasteiger partial charge in [-0.2, -0.15) is 0 Å². The van der Waals surface area contributed by atoms with E-state index in [-0.39, 0.29) is 24.4 Å². The zero-order chi connectivity index (χ0) is 9.90. The number of rotatable bonds is 2. The zero-order valence-corrected chi connectivity index (χ0v) is 10.5. The second-order valence-electron chi connectivity index (χ2n) is 3.95. The van der Waals surface area contributed by atoms with E-state index < -0.39 is 8.07 Å². The summed E-state index contributed by atoms with van der Waals surface area (Å²) < 4.78 is 0. The van der Waals surface area contributed by atoms with Gasteiger partial charge in [0.2, 0.25) is 0 Å². The quantitative estimate of drug-likeness (QED) is 0.341. The van der Waals surface area contributed by atoms with E-state index >= 15 is 0 Å². The molecule has 0 saturated carbocycles. The molecule has 0 aliphatic heterocycles. The molecular weight excluding hydrogens is 179 g/mol. The SMILES string of the molecule is [C-]#CC(C)[Si](C)(C)c1ccccc1.[Li+]. The zero-order valence-electron chi connectivity index (χ0n) is 9.46. The fourth-order valence-electron chi connectivity index (χ4n) is 1.30. The van der Waals surface area contributed by atoms with E-state index in [4.69, 9.17) is 6.42 Å². The summed E-state index contributed by atoms with van der Waals surface area (Å²) in [5.74, 6) is 2.62. The molecule has 1 rings (SSSR count). The molecule has 68 valence electrons. The van der Waals surface area contributed by atoms with Crippen LogP contribution in [-0.4, -0.2) is 8.07 Å². The average molecular weight is 194 g/mol. The van der Waals surface area contributed by atoms with Crippen molar-refractivity contribution in [3.05, 3.63) is 36.8 Å². The van der Waals surface area contributed by atoms with Crippen molar-refractivity contribution in [1.29, 1.82) is 0 Å². The van der Waals surface area contributed by atoms with Crippen LogP contribution in [0, 0.1) is 12.3 Å². The molecule has 0 nitrogen and oxygen atoms in total. The van der Waals surface area contributed by atoms with E-state index in [1.807, 2.05) is 6.07 Å². The van der Waals surface area contributed by atoms with Crippen LogP contribution in [0.3, 0.4) is 0 Å². The predicted molar refractivity (Wildman–Crippen MR) is 60.1 cm³/mol. The topological polar surface area (TPSA) is 0 Å². The average Bonchev–Trinajstić information content (AvgIpc) is 2.18. The minimum atomic E-state index is -1.48. The molecule has 0 aliphatic rings. The Morgan fingerprint density at radius 3 is 2.14 bits per heavy atom. The molecule has 0 aromatic heterocycles. The van der Waals surface area contributed by atoms with Crippen molar-refractivity contribution < 1.29 is 18.9 Å². The van der Waals surface area contributed by atoms with Gasteiger partial charge in [0.15, 0.2) is 0 Å². The summed E-state index contributed by atoms with van der Waals surface area (Å²) in [4.78, 5) is 0. The largest absolute Gasteiger partial charge is 1.00 e.